The Labute approximate surface area is 130 Å². The van der Waals surface area contributed by atoms with Crippen LogP contribution in [-0.2, 0) is 9.53 Å². The van der Waals surface area contributed by atoms with Gasteiger partial charge in [0, 0.05) is 6.04 Å². The predicted octanol–water partition coefficient (Wildman–Crippen LogP) is 3.07. The highest BCUT2D eigenvalue weighted by Crippen LogP contribution is 2.23. The Hall–Kier alpha value is -1.91. The maximum Gasteiger partial charge on any atom is 0.338 e. The van der Waals surface area contributed by atoms with E-state index in [0.717, 1.165) is 19.3 Å². The van der Waals surface area contributed by atoms with Crippen LogP contribution < -0.4 is 5.32 Å². The second-order valence-corrected chi connectivity index (χ2v) is 5.93. The van der Waals surface area contributed by atoms with E-state index in [9.17, 15) is 14.0 Å². The van der Waals surface area contributed by atoms with E-state index in [2.05, 4.69) is 12.2 Å². The first-order valence-electron chi connectivity index (χ1n) is 7.74. The summed E-state index contributed by atoms with van der Waals surface area (Å²) >= 11 is 0. The SMILES string of the molecule is C[C@@H]1CCCC[C@@H]1NC(=O)[C@@H](C)OC(=O)c1ccc(F)cc1. The van der Waals surface area contributed by atoms with Crippen molar-refractivity contribution in [2.45, 2.75) is 51.7 Å². The lowest BCUT2D eigenvalue weighted by atomic mass is 9.86. The highest BCUT2D eigenvalue weighted by Gasteiger charge is 2.26. The second kappa shape index (κ2) is 7.38. The van der Waals surface area contributed by atoms with Crippen LogP contribution in [0, 0.1) is 11.7 Å². The minimum Gasteiger partial charge on any atom is -0.449 e. The van der Waals surface area contributed by atoms with E-state index in [1.165, 1.54) is 30.7 Å². The van der Waals surface area contributed by atoms with Gasteiger partial charge in [-0.15, -0.1) is 0 Å². The largest absolute Gasteiger partial charge is 0.449 e. The fourth-order valence-electron chi connectivity index (χ4n) is 2.70. The van der Waals surface area contributed by atoms with Crippen LogP contribution in [0.25, 0.3) is 0 Å². The molecule has 0 heterocycles. The summed E-state index contributed by atoms with van der Waals surface area (Å²) in [5.74, 6) is -0.889. The van der Waals surface area contributed by atoms with Gasteiger partial charge in [0.2, 0.25) is 0 Å². The smallest absolute Gasteiger partial charge is 0.338 e. The fraction of sp³-hybridized carbons (Fsp3) is 0.529. The van der Waals surface area contributed by atoms with Gasteiger partial charge in [-0.05, 0) is 49.9 Å². The summed E-state index contributed by atoms with van der Waals surface area (Å²) in [5.41, 5.74) is 0.229. The average Bonchev–Trinajstić information content (AvgIpc) is 2.50. The van der Waals surface area contributed by atoms with Crippen LogP contribution in [0.3, 0.4) is 0 Å². The summed E-state index contributed by atoms with van der Waals surface area (Å²) in [6, 6.07) is 5.20. The number of hydrogen-bond acceptors (Lipinski definition) is 3. The van der Waals surface area contributed by atoms with E-state index in [0.29, 0.717) is 5.92 Å². The summed E-state index contributed by atoms with van der Waals surface area (Å²) in [6.45, 7) is 3.67. The molecule has 0 radical (unpaired) electrons. The molecule has 4 nitrogen and oxygen atoms in total. The van der Waals surface area contributed by atoms with Crippen molar-refractivity contribution < 1.29 is 18.7 Å². The number of amides is 1. The highest BCUT2D eigenvalue weighted by atomic mass is 19.1. The molecule has 1 fully saturated rings. The minimum atomic E-state index is -0.869. The van der Waals surface area contributed by atoms with Crippen LogP contribution in [0.15, 0.2) is 24.3 Å². The molecule has 22 heavy (non-hydrogen) atoms. The van der Waals surface area contributed by atoms with Gasteiger partial charge in [0.15, 0.2) is 6.10 Å². The maximum absolute atomic E-state index is 12.8. The third-order valence-electron chi connectivity index (χ3n) is 4.17. The second-order valence-electron chi connectivity index (χ2n) is 5.93. The van der Waals surface area contributed by atoms with Crippen LogP contribution in [0.2, 0.25) is 0 Å². The molecule has 0 aliphatic heterocycles. The van der Waals surface area contributed by atoms with Crippen molar-refractivity contribution in [3.8, 4) is 0 Å². The van der Waals surface area contributed by atoms with Gasteiger partial charge in [-0.3, -0.25) is 4.79 Å². The Morgan fingerprint density at radius 2 is 1.86 bits per heavy atom. The Kier molecular flexibility index (Phi) is 5.52. The molecule has 0 saturated heterocycles. The molecule has 0 unspecified atom stereocenters. The summed E-state index contributed by atoms with van der Waals surface area (Å²) < 4.78 is 18.0. The molecule has 2 rings (SSSR count). The van der Waals surface area contributed by atoms with E-state index in [4.69, 9.17) is 4.74 Å². The molecule has 1 saturated carbocycles. The first-order valence-corrected chi connectivity index (χ1v) is 7.74. The van der Waals surface area contributed by atoms with Crippen molar-refractivity contribution in [3.05, 3.63) is 35.6 Å². The molecule has 1 N–H and O–H groups in total. The summed E-state index contributed by atoms with van der Waals surface area (Å²) in [7, 11) is 0. The molecule has 0 spiro atoms. The Morgan fingerprint density at radius 3 is 2.50 bits per heavy atom. The van der Waals surface area contributed by atoms with Crippen LogP contribution in [0.5, 0.6) is 0 Å². The van der Waals surface area contributed by atoms with Gasteiger partial charge >= 0.3 is 5.97 Å². The fourth-order valence-corrected chi connectivity index (χ4v) is 2.70. The van der Waals surface area contributed by atoms with E-state index in [-0.39, 0.29) is 17.5 Å². The van der Waals surface area contributed by atoms with Gasteiger partial charge in [0.1, 0.15) is 5.82 Å². The van der Waals surface area contributed by atoms with Gasteiger partial charge in [0.05, 0.1) is 5.56 Å². The monoisotopic (exact) mass is 307 g/mol. The van der Waals surface area contributed by atoms with E-state index < -0.39 is 17.9 Å². The minimum absolute atomic E-state index is 0.147. The molecule has 1 aliphatic carbocycles. The standard InChI is InChI=1S/C17H22FNO3/c1-11-5-3-4-6-15(11)19-16(20)12(2)22-17(21)13-7-9-14(18)10-8-13/h7-12,15H,3-6H2,1-2H3,(H,19,20)/t11-,12-,15+/m1/s1. The molecule has 0 bridgehead atoms. The van der Waals surface area contributed by atoms with Gasteiger partial charge < -0.3 is 10.1 Å². The first-order chi connectivity index (χ1) is 10.5. The normalized spacial score (nSPS) is 22.7. The lowest BCUT2D eigenvalue weighted by Crippen LogP contribution is -2.45. The lowest BCUT2D eigenvalue weighted by Gasteiger charge is -2.30. The quantitative estimate of drug-likeness (QED) is 0.870. The summed E-state index contributed by atoms with van der Waals surface area (Å²) in [6.07, 6.45) is 3.51. The zero-order valence-electron chi connectivity index (χ0n) is 13.0. The van der Waals surface area contributed by atoms with E-state index >= 15 is 0 Å². The highest BCUT2D eigenvalue weighted by molar-refractivity contribution is 5.92. The van der Waals surface area contributed by atoms with Gasteiger partial charge in [0.25, 0.3) is 5.91 Å². The van der Waals surface area contributed by atoms with Crippen molar-refractivity contribution in [2.24, 2.45) is 5.92 Å². The Morgan fingerprint density at radius 1 is 1.23 bits per heavy atom. The Bertz CT molecular complexity index is 529. The number of esters is 1. The summed E-state index contributed by atoms with van der Waals surface area (Å²) in [5, 5.41) is 2.96. The van der Waals surface area contributed by atoms with Crippen molar-refractivity contribution in [1.82, 2.24) is 5.32 Å². The van der Waals surface area contributed by atoms with Crippen molar-refractivity contribution in [3.63, 3.8) is 0 Å². The van der Waals surface area contributed by atoms with Crippen LogP contribution in [0.4, 0.5) is 4.39 Å². The Balaban J connectivity index is 1.87. The number of ether oxygens (including phenoxy) is 1. The van der Waals surface area contributed by atoms with Crippen LogP contribution in [-0.4, -0.2) is 24.0 Å². The molecule has 1 aromatic carbocycles. The molecular formula is C17H22FNO3. The molecule has 120 valence electrons. The van der Waals surface area contributed by atoms with Gasteiger partial charge in [-0.1, -0.05) is 19.8 Å². The third kappa shape index (κ3) is 4.29. The van der Waals surface area contributed by atoms with Gasteiger partial charge in [-0.2, -0.15) is 0 Å². The topological polar surface area (TPSA) is 55.4 Å². The number of carbonyl (C=O) groups excluding carboxylic acids is 2. The predicted molar refractivity (Wildman–Crippen MR) is 80.8 cm³/mol. The van der Waals surface area contributed by atoms with E-state index in [1.54, 1.807) is 6.92 Å². The maximum atomic E-state index is 12.8. The molecule has 3 atom stereocenters. The van der Waals surface area contributed by atoms with E-state index in [1.807, 2.05) is 0 Å². The average molecular weight is 307 g/mol. The van der Waals surface area contributed by atoms with Crippen molar-refractivity contribution in [2.75, 3.05) is 0 Å². The zero-order chi connectivity index (χ0) is 16.1. The summed E-state index contributed by atoms with van der Waals surface area (Å²) in [4.78, 5) is 24.0. The molecule has 1 aliphatic rings. The molecule has 1 aromatic rings. The molecule has 5 heteroatoms. The number of nitrogens with one attached hydrogen (secondary N) is 1. The number of rotatable bonds is 4. The van der Waals surface area contributed by atoms with Crippen LogP contribution >= 0.6 is 0 Å². The van der Waals surface area contributed by atoms with Crippen molar-refractivity contribution >= 4 is 11.9 Å². The number of halogens is 1. The molecular weight excluding hydrogens is 285 g/mol. The lowest BCUT2D eigenvalue weighted by molar-refractivity contribution is -0.130. The molecule has 0 aromatic heterocycles. The third-order valence-corrected chi connectivity index (χ3v) is 4.17. The van der Waals surface area contributed by atoms with Crippen LogP contribution in [0.1, 0.15) is 49.9 Å². The van der Waals surface area contributed by atoms with Crippen molar-refractivity contribution in [1.29, 1.82) is 0 Å². The van der Waals surface area contributed by atoms with Gasteiger partial charge in [-0.25, -0.2) is 9.18 Å². The number of hydrogen-bond donors (Lipinski definition) is 1. The number of benzene rings is 1. The first kappa shape index (κ1) is 16.5. The molecule has 1 amide bonds. The number of carbonyl (C=O) groups is 2. The zero-order valence-corrected chi connectivity index (χ0v) is 13.0.